The molecule has 0 aromatic rings. The van der Waals surface area contributed by atoms with Crippen LogP contribution >= 0.6 is 6.92 Å². The van der Waals surface area contributed by atoms with Crippen molar-refractivity contribution < 1.29 is 4.89 Å². The summed E-state index contributed by atoms with van der Waals surface area (Å²) < 4.78 is 0. The molecule has 0 amide bonds. The van der Waals surface area contributed by atoms with Crippen LogP contribution in [0.3, 0.4) is 0 Å². The lowest BCUT2D eigenvalue weighted by Crippen LogP contribution is -2.38. The maximum atomic E-state index is 10.1. The summed E-state index contributed by atoms with van der Waals surface area (Å²) in [4.78, 5) is 10.1. The van der Waals surface area contributed by atoms with Crippen molar-refractivity contribution in [2.45, 2.75) is 80.3 Å². The molecule has 3 atom stereocenters. The highest BCUT2D eigenvalue weighted by molar-refractivity contribution is 8.03. The van der Waals surface area contributed by atoms with Crippen LogP contribution in [0.25, 0.3) is 0 Å². The van der Waals surface area contributed by atoms with Gasteiger partial charge in [0.15, 0.2) is 0 Å². The molecule has 1 N–H and O–H groups in total. The Hall–Kier alpha value is 0.610. The van der Waals surface area contributed by atoms with E-state index in [1.165, 1.54) is 6.42 Å². The van der Waals surface area contributed by atoms with Crippen LogP contribution in [0.15, 0.2) is 0 Å². The molecule has 0 radical (unpaired) electrons. The zero-order valence-electron chi connectivity index (χ0n) is 14.4. The van der Waals surface area contributed by atoms with Crippen molar-refractivity contribution in [1.29, 1.82) is 0 Å². The summed E-state index contributed by atoms with van der Waals surface area (Å²) in [6.07, 6.45) is 2.37. The minimum Gasteiger partial charge on any atom is -0.368 e. The van der Waals surface area contributed by atoms with E-state index in [0.717, 1.165) is 6.42 Å². The fraction of sp³-hybridized carbons (Fsp3) is 1.00. The molecule has 1 nitrogen and oxygen atoms in total. The largest absolute Gasteiger partial charge is 0.368 e. The molecular formula is C16H35OPS. The Balaban J connectivity index is 5.07. The summed E-state index contributed by atoms with van der Waals surface area (Å²) in [5.41, 5.74) is 0.556. The van der Waals surface area contributed by atoms with E-state index < -0.39 is 6.92 Å². The Bertz CT molecular complexity index is 310. The van der Waals surface area contributed by atoms with Gasteiger partial charge in [0.25, 0.3) is 0 Å². The van der Waals surface area contributed by atoms with Gasteiger partial charge in [-0.05, 0) is 35.5 Å². The maximum absolute atomic E-state index is 10.1. The molecule has 0 rings (SSSR count). The highest BCUT2D eigenvalue weighted by Crippen LogP contribution is 2.51. The maximum Gasteiger partial charge on any atom is 0.0577 e. The number of hydrogen-bond donors (Lipinski definition) is 1. The second-order valence-corrected chi connectivity index (χ2v) is 12.1. The first-order valence-electron chi connectivity index (χ1n) is 7.41. The van der Waals surface area contributed by atoms with Gasteiger partial charge in [-0.1, -0.05) is 74.1 Å². The molecular weight excluding hydrogens is 271 g/mol. The van der Waals surface area contributed by atoms with Crippen LogP contribution < -0.4 is 0 Å². The van der Waals surface area contributed by atoms with Gasteiger partial charge in [0.1, 0.15) is 0 Å². The van der Waals surface area contributed by atoms with Gasteiger partial charge in [-0.2, -0.15) is 0 Å². The average molecular weight is 306 g/mol. The van der Waals surface area contributed by atoms with E-state index in [1.54, 1.807) is 0 Å². The van der Waals surface area contributed by atoms with Gasteiger partial charge in [0.2, 0.25) is 0 Å². The molecule has 0 heterocycles. The topological polar surface area (TPSA) is 20.2 Å². The van der Waals surface area contributed by atoms with Crippen LogP contribution in [-0.4, -0.2) is 10.0 Å². The third kappa shape index (κ3) is 6.74. The highest BCUT2D eigenvalue weighted by Gasteiger charge is 2.40. The molecule has 0 saturated heterocycles. The SMILES string of the molecule is CC(CC(C(C)(C)C)C(C)(C)[PH](O)=S)CC(C)(C)C. The van der Waals surface area contributed by atoms with Crippen molar-refractivity contribution >= 4 is 18.7 Å². The Morgan fingerprint density at radius 3 is 1.68 bits per heavy atom. The van der Waals surface area contributed by atoms with Crippen LogP contribution in [-0.2, 0) is 11.8 Å². The van der Waals surface area contributed by atoms with Crippen LogP contribution in [0.4, 0.5) is 0 Å². The van der Waals surface area contributed by atoms with E-state index in [4.69, 9.17) is 11.8 Å². The molecule has 0 aliphatic heterocycles. The summed E-state index contributed by atoms with van der Waals surface area (Å²) in [5, 5.41) is -0.121. The zero-order valence-corrected chi connectivity index (χ0v) is 16.2. The standard InChI is InChI=1S/C16H35OPS/c1-12(11-14(2,3)4)10-13(15(5,6)7)16(8,9)18(17)19/h12-13,18H,10-11H2,1-9H3,(H,17,19). The third-order valence-corrected chi connectivity index (χ3v) is 7.10. The van der Waals surface area contributed by atoms with Crippen LogP contribution in [0.2, 0.25) is 0 Å². The molecule has 3 heteroatoms. The normalized spacial score (nSPS) is 19.1. The first-order valence-corrected chi connectivity index (χ1v) is 9.99. The van der Waals surface area contributed by atoms with Crippen LogP contribution in [0, 0.1) is 22.7 Å². The Morgan fingerprint density at radius 2 is 1.42 bits per heavy atom. The Labute approximate surface area is 127 Å². The van der Waals surface area contributed by atoms with Crippen molar-refractivity contribution in [2.24, 2.45) is 22.7 Å². The van der Waals surface area contributed by atoms with E-state index in [9.17, 15) is 4.89 Å². The molecule has 0 saturated carbocycles. The van der Waals surface area contributed by atoms with E-state index >= 15 is 0 Å². The van der Waals surface area contributed by atoms with Gasteiger partial charge in [-0.25, -0.2) is 0 Å². The predicted octanol–water partition coefficient (Wildman–Crippen LogP) is 5.47. The van der Waals surface area contributed by atoms with Gasteiger partial charge in [0.05, 0.1) is 6.92 Å². The summed E-state index contributed by atoms with van der Waals surface area (Å²) in [5.74, 6) is 1.13. The molecule has 0 aromatic carbocycles. The minimum atomic E-state index is -1.70. The van der Waals surface area contributed by atoms with Gasteiger partial charge < -0.3 is 4.89 Å². The number of hydrogen-bond acceptors (Lipinski definition) is 1. The van der Waals surface area contributed by atoms with E-state index in [2.05, 4.69) is 62.3 Å². The van der Waals surface area contributed by atoms with Crippen LogP contribution in [0.1, 0.15) is 75.2 Å². The monoisotopic (exact) mass is 306 g/mol. The first kappa shape index (κ1) is 19.6. The highest BCUT2D eigenvalue weighted by atomic mass is 32.4. The zero-order chi connectivity index (χ0) is 15.6. The lowest BCUT2D eigenvalue weighted by molar-refractivity contribution is 0.142. The summed E-state index contributed by atoms with van der Waals surface area (Å²) >= 11 is 5.28. The van der Waals surface area contributed by atoms with Crippen molar-refractivity contribution in [3.63, 3.8) is 0 Å². The lowest BCUT2D eigenvalue weighted by atomic mass is 9.68. The quantitative estimate of drug-likeness (QED) is 0.679. The molecule has 3 unspecified atom stereocenters. The van der Waals surface area contributed by atoms with E-state index in [-0.39, 0.29) is 10.6 Å². The molecule has 0 fully saturated rings. The van der Waals surface area contributed by atoms with Gasteiger partial charge in [-0.3, -0.25) is 0 Å². The average Bonchev–Trinajstić information content (AvgIpc) is 2.08. The minimum absolute atomic E-state index is 0.121. The Kier molecular flexibility index (Phi) is 6.79. The molecule has 0 spiro atoms. The van der Waals surface area contributed by atoms with Gasteiger partial charge in [0, 0.05) is 5.16 Å². The predicted molar refractivity (Wildman–Crippen MR) is 92.8 cm³/mol. The summed E-state index contributed by atoms with van der Waals surface area (Å²) in [6, 6.07) is 0. The fourth-order valence-corrected chi connectivity index (χ4v) is 4.69. The first-order chi connectivity index (χ1) is 8.18. The molecule has 0 aromatic heterocycles. The van der Waals surface area contributed by atoms with Crippen molar-refractivity contribution in [3.05, 3.63) is 0 Å². The van der Waals surface area contributed by atoms with E-state index in [0.29, 0.717) is 17.3 Å². The third-order valence-electron chi connectivity index (χ3n) is 4.07. The fourth-order valence-electron chi connectivity index (χ4n) is 3.41. The second-order valence-electron chi connectivity index (χ2n) is 9.05. The van der Waals surface area contributed by atoms with Crippen molar-refractivity contribution in [2.75, 3.05) is 0 Å². The Morgan fingerprint density at radius 1 is 1.00 bits per heavy atom. The summed E-state index contributed by atoms with van der Waals surface area (Å²) in [7, 11) is 0. The molecule has 0 aliphatic rings. The van der Waals surface area contributed by atoms with Crippen molar-refractivity contribution in [3.8, 4) is 0 Å². The summed E-state index contributed by atoms with van der Waals surface area (Å²) in [6.45, 7) is 18.7. The molecule has 19 heavy (non-hydrogen) atoms. The van der Waals surface area contributed by atoms with Crippen LogP contribution in [0.5, 0.6) is 0 Å². The van der Waals surface area contributed by atoms with Gasteiger partial charge >= 0.3 is 0 Å². The van der Waals surface area contributed by atoms with Gasteiger partial charge in [-0.15, -0.1) is 0 Å². The van der Waals surface area contributed by atoms with Crippen molar-refractivity contribution in [1.82, 2.24) is 0 Å². The number of rotatable bonds is 5. The van der Waals surface area contributed by atoms with E-state index in [1.807, 2.05) is 0 Å². The lowest BCUT2D eigenvalue weighted by Gasteiger charge is -2.44. The molecule has 0 aliphatic carbocycles. The smallest absolute Gasteiger partial charge is 0.0577 e. The molecule has 0 bridgehead atoms. The molecule has 116 valence electrons. The second kappa shape index (κ2) is 6.58.